The molecule has 0 aromatic heterocycles. The van der Waals surface area contributed by atoms with E-state index in [0.29, 0.717) is 11.1 Å². The third-order valence-corrected chi connectivity index (χ3v) is 3.98. The Kier molecular flexibility index (Phi) is 5.78. The summed E-state index contributed by atoms with van der Waals surface area (Å²) in [5.41, 5.74) is 3.79. The lowest BCUT2D eigenvalue weighted by atomic mass is 9.93. The van der Waals surface area contributed by atoms with Crippen LogP contribution in [0.2, 0.25) is 0 Å². The van der Waals surface area contributed by atoms with E-state index in [1.165, 1.54) is 12.1 Å². The van der Waals surface area contributed by atoms with Crippen molar-refractivity contribution in [3.8, 4) is 17.2 Å². The Morgan fingerprint density at radius 2 is 1.88 bits per heavy atom. The minimum Gasteiger partial charge on any atom is -0.477 e. The van der Waals surface area contributed by atoms with Crippen molar-refractivity contribution in [3.05, 3.63) is 58.4 Å². The predicted molar refractivity (Wildman–Crippen MR) is 101 cm³/mol. The van der Waals surface area contributed by atoms with E-state index in [1.807, 2.05) is 32.9 Å². The average Bonchev–Trinajstić information content (AvgIpc) is 2.55. The lowest BCUT2D eigenvalue weighted by molar-refractivity contribution is -0.132. The summed E-state index contributed by atoms with van der Waals surface area (Å²) in [5, 5.41) is 21.1. The van der Waals surface area contributed by atoms with Gasteiger partial charge in [0.1, 0.15) is 17.5 Å². The highest BCUT2D eigenvalue weighted by atomic mass is 19.1. The number of aliphatic carboxylic acids is 1. The number of carbonyl (C=O) groups is 1. The van der Waals surface area contributed by atoms with Crippen LogP contribution in [0.3, 0.4) is 0 Å². The highest BCUT2D eigenvalue weighted by molar-refractivity contribution is 5.96. The van der Waals surface area contributed by atoms with Gasteiger partial charge in [-0.2, -0.15) is 5.26 Å². The van der Waals surface area contributed by atoms with E-state index in [-0.39, 0.29) is 17.4 Å². The van der Waals surface area contributed by atoms with Gasteiger partial charge in [-0.15, -0.1) is 0 Å². The molecule has 2 rings (SSSR count). The summed E-state index contributed by atoms with van der Waals surface area (Å²) in [7, 11) is 0. The number of hydrogen-bond donors (Lipinski definition) is 2. The van der Waals surface area contributed by atoms with Gasteiger partial charge in [0.25, 0.3) is 0 Å². The van der Waals surface area contributed by atoms with Gasteiger partial charge in [-0.25, -0.2) is 9.18 Å². The van der Waals surface area contributed by atoms with Gasteiger partial charge >= 0.3 is 5.97 Å². The largest absolute Gasteiger partial charge is 0.477 e. The number of nitrogens with one attached hydrogen (secondary N) is 1. The van der Waals surface area contributed by atoms with Crippen molar-refractivity contribution in [1.82, 2.24) is 0 Å². The number of rotatable bonds is 5. The number of hydrogen-bond acceptors (Lipinski definition) is 3. The van der Waals surface area contributed by atoms with Gasteiger partial charge in [-0.1, -0.05) is 12.1 Å². The Labute approximate surface area is 152 Å². The maximum atomic E-state index is 14.6. The highest BCUT2D eigenvalue weighted by Gasteiger charge is 2.13. The van der Waals surface area contributed by atoms with E-state index in [1.54, 1.807) is 25.1 Å². The molecule has 0 heterocycles. The maximum Gasteiger partial charge on any atom is 0.346 e. The second-order valence-electron chi connectivity index (χ2n) is 6.49. The van der Waals surface area contributed by atoms with Crippen LogP contribution < -0.4 is 5.32 Å². The summed E-state index contributed by atoms with van der Waals surface area (Å²) < 4.78 is 14.6. The SMILES string of the molecule is Cc1cc(-c2ccc(NC(C)C)cc2F)c(C)cc1C=C(C#N)C(=O)O. The maximum absolute atomic E-state index is 14.6. The summed E-state index contributed by atoms with van der Waals surface area (Å²) in [5.74, 6) is -1.60. The van der Waals surface area contributed by atoms with Crippen molar-refractivity contribution in [1.29, 1.82) is 5.26 Å². The van der Waals surface area contributed by atoms with Crippen molar-refractivity contribution in [3.63, 3.8) is 0 Å². The Morgan fingerprint density at radius 1 is 1.19 bits per heavy atom. The molecule has 4 nitrogen and oxygen atoms in total. The minimum absolute atomic E-state index is 0.207. The molecule has 0 fully saturated rings. The third kappa shape index (κ3) is 4.28. The van der Waals surface area contributed by atoms with E-state index in [2.05, 4.69) is 5.32 Å². The van der Waals surface area contributed by atoms with Gasteiger partial charge < -0.3 is 10.4 Å². The van der Waals surface area contributed by atoms with Gasteiger partial charge in [0.15, 0.2) is 0 Å². The number of benzene rings is 2. The molecule has 0 spiro atoms. The Bertz CT molecular complexity index is 924. The van der Waals surface area contributed by atoms with Crippen molar-refractivity contribution >= 4 is 17.7 Å². The molecule has 2 aromatic carbocycles. The zero-order valence-corrected chi connectivity index (χ0v) is 15.2. The molecule has 0 aliphatic heterocycles. The van der Waals surface area contributed by atoms with Gasteiger partial charge in [0, 0.05) is 17.3 Å². The van der Waals surface area contributed by atoms with Gasteiger partial charge in [0.05, 0.1) is 0 Å². The van der Waals surface area contributed by atoms with Crippen molar-refractivity contribution in [2.75, 3.05) is 5.32 Å². The first-order valence-electron chi connectivity index (χ1n) is 8.25. The Balaban J connectivity index is 2.49. The molecule has 0 unspecified atom stereocenters. The van der Waals surface area contributed by atoms with Crippen LogP contribution in [0.25, 0.3) is 17.2 Å². The standard InChI is InChI=1S/C21H21FN2O2/c1-12(2)24-17-5-6-18(20(22)10-17)19-8-13(3)15(7-14(19)4)9-16(11-23)21(25)26/h5-10,12,24H,1-4H3,(H,25,26). The van der Waals surface area contributed by atoms with E-state index in [4.69, 9.17) is 10.4 Å². The summed E-state index contributed by atoms with van der Waals surface area (Å²) in [6, 6.07) is 10.5. The number of carboxylic acids is 1. The molecule has 5 heteroatoms. The molecule has 0 amide bonds. The molecule has 2 aromatic rings. The van der Waals surface area contributed by atoms with Crippen LogP contribution in [0.15, 0.2) is 35.9 Å². The number of anilines is 1. The van der Waals surface area contributed by atoms with Crippen molar-refractivity contribution < 1.29 is 14.3 Å². The van der Waals surface area contributed by atoms with E-state index < -0.39 is 5.97 Å². The second kappa shape index (κ2) is 7.83. The number of carboxylic acid groups (broad SMARTS) is 1. The Morgan fingerprint density at radius 3 is 2.42 bits per heavy atom. The second-order valence-corrected chi connectivity index (χ2v) is 6.49. The quantitative estimate of drug-likeness (QED) is 0.592. The van der Waals surface area contributed by atoms with E-state index in [9.17, 15) is 9.18 Å². The molecule has 0 saturated carbocycles. The molecule has 2 N–H and O–H groups in total. The fraction of sp³-hybridized carbons (Fsp3) is 0.238. The van der Waals surface area contributed by atoms with Gasteiger partial charge in [0.2, 0.25) is 0 Å². The number of nitriles is 1. The first kappa shape index (κ1) is 19.2. The molecule has 0 saturated heterocycles. The van der Waals surface area contributed by atoms with Crippen molar-refractivity contribution in [2.24, 2.45) is 0 Å². The van der Waals surface area contributed by atoms with Crippen LogP contribution in [-0.2, 0) is 4.79 Å². The van der Waals surface area contributed by atoms with Gasteiger partial charge in [-0.3, -0.25) is 0 Å². The van der Waals surface area contributed by atoms with Crippen LogP contribution in [0.5, 0.6) is 0 Å². The summed E-state index contributed by atoms with van der Waals surface area (Å²) in [6.45, 7) is 7.60. The van der Waals surface area contributed by atoms with E-state index in [0.717, 1.165) is 22.4 Å². The highest BCUT2D eigenvalue weighted by Crippen LogP contribution is 2.31. The molecular formula is C21H21FN2O2. The molecule has 0 radical (unpaired) electrons. The number of aryl methyl sites for hydroxylation is 2. The first-order chi connectivity index (χ1) is 12.2. The van der Waals surface area contributed by atoms with Crippen LogP contribution in [0, 0.1) is 31.0 Å². The molecular weight excluding hydrogens is 331 g/mol. The average molecular weight is 352 g/mol. The first-order valence-corrected chi connectivity index (χ1v) is 8.25. The number of halogens is 1. The van der Waals surface area contributed by atoms with Gasteiger partial charge in [-0.05, 0) is 74.2 Å². The smallest absolute Gasteiger partial charge is 0.346 e. The predicted octanol–water partition coefficient (Wildman–Crippen LogP) is 4.92. The zero-order valence-electron chi connectivity index (χ0n) is 15.2. The van der Waals surface area contributed by atoms with Crippen molar-refractivity contribution in [2.45, 2.75) is 33.7 Å². The van der Waals surface area contributed by atoms with E-state index >= 15 is 0 Å². The normalized spacial score (nSPS) is 11.3. The lowest BCUT2D eigenvalue weighted by Gasteiger charge is -2.14. The zero-order chi connectivity index (χ0) is 19.4. The fourth-order valence-electron chi connectivity index (χ4n) is 2.74. The van der Waals surface area contributed by atoms with Crippen LogP contribution in [0.1, 0.15) is 30.5 Å². The molecule has 0 aliphatic rings. The summed E-state index contributed by atoms with van der Waals surface area (Å²) in [6.07, 6.45) is 1.33. The van der Waals surface area contributed by atoms with Crippen LogP contribution in [-0.4, -0.2) is 17.1 Å². The number of nitrogens with zero attached hydrogens (tertiary/aromatic N) is 1. The van der Waals surface area contributed by atoms with Crippen LogP contribution in [0.4, 0.5) is 10.1 Å². The van der Waals surface area contributed by atoms with Crippen LogP contribution >= 0.6 is 0 Å². The topological polar surface area (TPSA) is 73.1 Å². The fourth-order valence-corrected chi connectivity index (χ4v) is 2.74. The molecule has 0 aliphatic carbocycles. The molecule has 134 valence electrons. The monoisotopic (exact) mass is 352 g/mol. The summed E-state index contributed by atoms with van der Waals surface area (Å²) in [4.78, 5) is 11.0. The molecule has 0 bridgehead atoms. The minimum atomic E-state index is -1.27. The molecule has 26 heavy (non-hydrogen) atoms. The lowest BCUT2D eigenvalue weighted by Crippen LogP contribution is -2.09. The molecule has 0 atom stereocenters. The third-order valence-electron chi connectivity index (χ3n) is 3.98. The summed E-state index contributed by atoms with van der Waals surface area (Å²) >= 11 is 0. The Hall–Kier alpha value is -3.13.